The summed E-state index contributed by atoms with van der Waals surface area (Å²) in [6.45, 7) is 2.11. The Bertz CT molecular complexity index is 307. The lowest BCUT2D eigenvalue weighted by Gasteiger charge is -1.92. The van der Waals surface area contributed by atoms with E-state index in [1.807, 2.05) is 6.07 Å². The molecular formula is C9H11BrO2S. The summed E-state index contributed by atoms with van der Waals surface area (Å²) in [5.41, 5.74) is 1.19. The van der Waals surface area contributed by atoms with Crippen molar-refractivity contribution < 1.29 is 9.53 Å². The first-order valence-electron chi connectivity index (χ1n) is 4.05. The second kappa shape index (κ2) is 4.77. The fraction of sp³-hybridized carbons (Fsp3) is 0.444. The van der Waals surface area contributed by atoms with Crippen LogP contribution in [0.1, 0.15) is 28.6 Å². The molecule has 0 unspecified atom stereocenters. The summed E-state index contributed by atoms with van der Waals surface area (Å²) in [7, 11) is 1.40. The molecule has 1 aromatic heterocycles. The minimum atomic E-state index is -0.256. The minimum Gasteiger partial charge on any atom is -0.465 e. The van der Waals surface area contributed by atoms with Crippen molar-refractivity contribution in [3.05, 3.63) is 20.3 Å². The van der Waals surface area contributed by atoms with Crippen LogP contribution in [0.5, 0.6) is 0 Å². The third-order valence-electron chi connectivity index (χ3n) is 1.66. The smallest absolute Gasteiger partial charge is 0.348 e. The fourth-order valence-corrected chi connectivity index (χ4v) is 2.74. The van der Waals surface area contributed by atoms with Gasteiger partial charge in [0, 0.05) is 0 Å². The zero-order chi connectivity index (χ0) is 9.84. The van der Waals surface area contributed by atoms with Gasteiger partial charge in [-0.05, 0) is 34.0 Å². The van der Waals surface area contributed by atoms with Gasteiger partial charge in [-0.1, -0.05) is 13.3 Å². The Morgan fingerprint density at radius 1 is 1.69 bits per heavy atom. The predicted molar refractivity (Wildman–Crippen MR) is 57.4 cm³/mol. The van der Waals surface area contributed by atoms with Crippen LogP contribution in [0.4, 0.5) is 0 Å². The van der Waals surface area contributed by atoms with E-state index in [4.69, 9.17) is 0 Å². The first-order valence-corrected chi connectivity index (χ1v) is 5.66. The van der Waals surface area contributed by atoms with E-state index in [0.29, 0.717) is 4.88 Å². The third-order valence-corrected chi connectivity index (χ3v) is 3.60. The maximum atomic E-state index is 11.2. The largest absolute Gasteiger partial charge is 0.465 e. The molecule has 0 aliphatic heterocycles. The molecular weight excluding hydrogens is 252 g/mol. The lowest BCUT2D eigenvalue weighted by atomic mass is 10.2. The molecule has 0 spiro atoms. The van der Waals surface area contributed by atoms with Crippen LogP contribution >= 0.6 is 27.3 Å². The van der Waals surface area contributed by atoms with E-state index in [1.54, 1.807) is 0 Å². The molecule has 1 aromatic rings. The van der Waals surface area contributed by atoms with Crippen LogP contribution in [0.2, 0.25) is 0 Å². The highest BCUT2D eigenvalue weighted by Crippen LogP contribution is 2.29. The first kappa shape index (κ1) is 10.7. The van der Waals surface area contributed by atoms with Crippen LogP contribution in [-0.2, 0) is 11.2 Å². The summed E-state index contributed by atoms with van der Waals surface area (Å²) in [4.78, 5) is 11.8. The zero-order valence-electron chi connectivity index (χ0n) is 7.59. The Kier molecular flexibility index (Phi) is 3.93. The van der Waals surface area contributed by atoms with E-state index < -0.39 is 0 Å². The van der Waals surface area contributed by atoms with Gasteiger partial charge in [0.05, 0.1) is 10.9 Å². The second-order valence-electron chi connectivity index (χ2n) is 2.65. The Morgan fingerprint density at radius 3 is 2.92 bits per heavy atom. The van der Waals surface area contributed by atoms with Gasteiger partial charge in [-0.15, -0.1) is 11.3 Å². The van der Waals surface area contributed by atoms with E-state index >= 15 is 0 Å². The summed E-state index contributed by atoms with van der Waals surface area (Å²) >= 11 is 4.86. The maximum Gasteiger partial charge on any atom is 0.348 e. The molecule has 1 heterocycles. The van der Waals surface area contributed by atoms with Crippen molar-refractivity contribution in [1.29, 1.82) is 0 Å². The number of rotatable bonds is 3. The molecule has 2 nitrogen and oxygen atoms in total. The van der Waals surface area contributed by atoms with Gasteiger partial charge in [0.25, 0.3) is 0 Å². The summed E-state index contributed by atoms with van der Waals surface area (Å²) in [6, 6.07) is 1.89. The maximum absolute atomic E-state index is 11.2. The van der Waals surface area contributed by atoms with Gasteiger partial charge in [0.15, 0.2) is 0 Å². The van der Waals surface area contributed by atoms with Gasteiger partial charge in [-0.25, -0.2) is 4.79 Å². The van der Waals surface area contributed by atoms with E-state index in [9.17, 15) is 4.79 Å². The Morgan fingerprint density at radius 2 is 2.38 bits per heavy atom. The number of ether oxygens (including phenoxy) is 1. The van der Waals surface area contributed by atoms with Crippen molar-refractivity contribution >= 4 is 33.2 Å². The van der Waals surface area contributed by atoms with Gasteiger partial charge >= 0.3 is 5.97 Å². The number of carbonyl (C=O) groups excluding carboxylic acids is 1. The van der Waals surface area contributed by atoms with E-state index in [-0.39, 0.29) is 5.97 Å². The number of methoxy groups -OCH3 is 1. The van der Waals surface area contributed by atoms with Gasteiger partial charge < -0.3 is 4.74 Å². The van der Waals surface area contributed by atoms with Crippen molar-refractivity contribution in [2.24, 2.45) is 0 Å². The van der Waals surface area contributed by atoms with Gasteiger partial charge in [0.2, 0.25) is 0 Å². The van der Waals surface area contributed by atoms with Crippen molar-refractivity contribution in [2.45, 2.75) is 19.8 Å². The van der Waals surface area contributed by atoms with Gasteiger partial charge in [-0.3, -0.25) is 0 Å². The summed E-state index contributed by atoms with van der Waals surface area (Å²) in [5.74, 6) is -0.256. The summed E-state index contributed by atoms with van der Waals surface area (Å²) < 4.78 is 5.67. The van der Waals surface area contributed by atoms with Crippen LogP contribution in [0.25, 0.3) is 0 Å². The molecule has 0 N–H and O–H groups in total. The topological polar surface area (TPSA) is 26.3 Å². The van der Waals surface area contributed by atoms with Crippen LogP contribution in [-0.4, -0.2) is 13.1 Å². The highest BCUT2D eigenvalue weighted by atomic mass is 79.9. The lowest BCUT2D eigenvalue weighted by Crippen LogP contribution is -1.97. The molecule has 0 radical (unpaired) electrons. The molecule has 4 heteroatoms. The third kappa shape index (κ3) is 2.54. The van der Waals surface area contributed by atoms with Crippen molar-refractivity contribution in [1.82, 2.24) is 0 Å². The highest BCUT2D eigenvalue weighted by molar-refractivity contribution is 9.11. The molecule has 0 aliphatic rings. The SMILES string of the molecule is CCCc1cc(C(=O)OC)sc1Br. The molecule has 0 aliphatic carbocycles. The average Bonchev–Trinajstić information content (AvgIpc) is 2.47. The standard InChI is InChI=1S/C9H11BrO2S/c1-3-4-6-5-7(9(11)12-2)13-8(6)10/h5H,3-4H2,1-2H3. The van der Waals surface area contributed by atoms with Crippen molar-refractivity contribution in [2.75, 3.05) is 7.11 Å². The molecule has 0 amide bonds. The number of hydrogen-bond donors (Lipinski definition) is 0. The molecule has 1 rings (SSSR count). The molecule has 0 atom stereocenters. The van der Waals surface area contributed by atoms with Gasteiger partial charge in [0.1, 0.15) is 4.88 Å². The average molecular weight is 263 g/mol. The molecule has 0 fully saturated rings. The van der Waals surface area contributed by atoms with E-state index in [1.165, 1.54) is 24.0 Å². The summed E-state index contributed by atoms with van der Waals surface area (Å²) in [5, 5.41) is 0. The van der Waals surface area contributed by atoms with E-state index in [0.717, 1.165) is 16.6 Å². The number of carbonyl (C=O) groups is 1. The molecule has 0 aromatic carbocycles. The van der Waals surface area contributed by atoms with Gasteiger partial charge in [-0.2, -0.15) is 0 Å². The number of hydrogen-bond acceptors (Lipinski definition) is 3. The van der Waals surface area contributed by atoms with Crippen LogP contribution in [0.15, 0.2) is 9.85 Å². The molecule has 13 heavy (non-hydrogen) atoms. The number of aryl methyl sites for hydroxylation is 1. The molecule has 0 saturated heterocycles. The van der Waals surface area contributed by atoms with Crippen molar-refractivity contribution in [3.63, 3.8) is 0 Å². The van der Waals surface area contributed by atoms with Crippen LogP contribution < -0.4 is 0 Å². The number of thiophene rings is 1. The predicted octanol–water partition coefficient (Wildman–Crippen LogP) is 3.25. The fourth-order valence-electron chi connectivity index (χ4n) is 1.05. The first-order chi connectivity index (χ1) is 6.19. The van der Waals surface area contributed by atoms with Crippen LogP contribution in [0, 0.1) is 0 Å². The highest BCUT2D eigenvalue weighted by Gasteiger charge is 2.12. The van der Waals surface area contributed by atoms with E-state index in [2.05, 4.69) is 27.6 Å². The second-order valence-corrected chi connectivity index (χ2v) is 5.02. The number of esters is 1. The monoisotopic (exact) mass is 262 g/mol. The zero-order valence-corrected chi connectivity index (χ0v) is 10.00. The molecule has 72 valence electrons. The summed E-state index contributed by atoms with van der Waals surface area (Å²) in [6.07, 6.45) is 2.07. The Hall–Kier alpha value is -0.350. The molecule has 0 bridgehead atoms. The Labute approximate surface area is 90.0 Å². The number of halogens is 1. The van der Waals surface area contributed by atoms with Crippen molar-refractivity contribution in [3.8, 4) is 0 Å². The molecule has 0 saturated carbocycles. The minimum absolute atomic E-state index is 0.256. The van der Waals surface area contributed by atoms with Crippen LogP contribution in [0.3, 0.4) is 0 Å². The normalized spacial score (nSPS) is 10.1. The quantitative estimate of drug-likeness (QED) is 0.782. The lowest BCUT2D eigenvalue weighted by molar-refractivity contribution is 0.0606. The Balaban J connectivity index is 2.88.